The average Bonchev–Trinajstić information content (AvgIpc) is 2.25. The van der Waals surface area contributed by atoms with Crippen LogP contribution in [0.15, 0.2) is 18.2 Å². The molecule has 82 valence electrons. The Labute approximate surface area is 87.5 Å². The van der Waals surface area contributed by atoms with Crippen molar-refractivity contribution in [2.45, 2.75) is 6.92 Å². The van der Waals surface area contributed by atoms with Gasteiger partial charge in [-0.15, -0.1) is 0 Å². The van der Waals surface area contributed by atoms with Gasteiger partial charge in [0.1, 0.15) is 17.9 Å². The van der Waals surface area contributed by atoms with Gasteiger partial charge in [0.05, 0.1) is 6.61 Å². The van der Waals surface area contributed by atoms with Gasteiger partial charge < -0.3 is 9.84 Å². The molecule has 0 aromatic heterocycles. The zero-order valence-corrected chi connectivity index (χ0v) is 8.44. The highest BCUT2D eigenvalue weighted by atomic mass is 19.1. The van der Waals surface area contributed by atoms with Crippen molar-refractivity contribution in [2.75, 3.05) is 13.2 Å². The Morgan fingerprint density at radius 2 is 2.27 bits per heavy atom. The molecule has 0 fully saturated rings. The number of aldehydes is 1. The highest BCUT2D eigenvalue weighted by Crippen LogP contribution is 2.16. The Morgan fingerprint density at radius 1 is 1.53 bits per heavy atom. The van der Waals surface area contributed by atoms with Crippen LogP contribution in [-0.2, 0) is 0 Å². The van der Waals surface area contributed by atoms with Gasteiger partial charge >= 0.3 is 0 Å². The zero-order chi connectivity index (χ0) is 11.3. The molecular weight excluding hydrogens is 199 g/mol. The third-order valence-corrected chi connectivity index (χ3v) is 1.88. The lowest BCUT2D eigenvalue weighted by Gasteiger charge is -2.10. The molecule has 1 atom stereocenters. The quantitative estimate of drug-likeness (QED) is 0.755. The fraction of sp³-hybridized carbons (Fsp3) is 0.364. The van der Waals surface area contributed by atoms with Crippen molar-refractivity contribution < 1.29 is 19.0 Å². The lowest BCUT2D eigenvalue weighted by molar-refractivity contribution is 0.112. The number of aliphatic hydroxyl groups is 1. The van der Waals surface area contributed by atoms with Crippen molar-refractivity contribution in [3.63, 3.8) is 0 Å². The van der Waals surface area contributed by atoms with Gasteiger partial charge in [-0.05, 0) is 12.1 Å². The molecule has 0 amide bonds. The van der Waals surface area contributed by atoms with E-state index in [1.807, 2.05) is 0 Å². The predicted molar refractivity (Wildman–Crippen MR) is 53.5 cm³/mol. The van der Waals surface area contributed by atoms with Gasteiger partial charge in [-0.25, -0.2) is 4.39 Å². The summed E-state index contributed by atoms with van der Waals surface area (Å²) >= 11 is 0. The normalized spacial score (nSPS) is 12.2. The Balaban J connectivity index is 2.68. The molecule has 4 heteroatoms. The maximum absolute atomic E-state index is 12.9. The van der Waals surface area contributed by atoms with Crippen molar-refractivity contribution in [3.8, 4) is 5.75 Å². The minimum absolute atomic E-state index is 0.00978. The number of hydrogen-bond donors (Lipinski definition) is 1. The molecule has 1 rings (SSSR count). The van der Waals surface area contributed by atoms with Crippen molar-refractivity contribution in [3.05, 3.63) is 29.6 Å². The zero-order valence-electron chi connectivity index (χ0n) is 8.44. The van der Waals surface area contributed by atoms with Gasteiger partial charge in [-0.1, -0.05) is 6.92 Å². The first kappa shape index (κ1) is 11.7. The molecule has 0 spiro atoms. The molecule has 0 radical (unpaired) electrons. The molecule has 0 saturated heterocycles. The first-order valence-electron chi connectivity index (χ1n) is 4.65. The predicted octanol–water partition coefficient (Wildman–Crippen LogP) is 1.65. The Kier molecular flexibility index (Phi) is 4.24. The van der Waals surface area contributed by atoms with Crippen LogP contribution in [0.1, 0.15) is 17.3 Å². The highest BCUT2D eigenvalue weighted by molar-refractivity contribution is 5.75. The summed E-state index contributed by atoms with van der Waals surface area (Å²) in [7, 11) is 0. The SMILES string of the molecule is CC(CO)COc1cc(F)cc(C=O)c1. The van der Waals surface area contributed by atoms with Gasteiger partial charge in [0.25, 0.3) is 0 Å². The summed E-state index contributed by atoms with van der Waals surface area (Å²) in [6.07, 6.45) is 0.561. The summed E-state index contributed by atoms with van der Waals surface area (Å²) in [6.45, 7) is 2.11. The molecule has 0 aliphatic rings. The summed E-state index contributed by atoms with van der Waals surface area (Å²) in [5, 5.41) is 8.76. The van der Waals surface area contributed by atoms with E-state index >= 15 is 0 Å². The Morgan fingerprint density at radius 3 is 2.87 bits per heavy atom. The van der Waals surface area contributed by atoms with Crippen LogP contribution in [0, 0.1) is 11.7 Å². The third-order valence-electron chi connectivity index (χ3n) is 1.88. The molecule has 1 N–H and O–H groups in total. The second-order valence-corrected chi connectivity index (χ2v) is 3.44. The summed E-state index contributed by atoms with van der Waals surface area (Å²) in [6, 6.07) is 3.80. The smallest absolute Gasteiger partial charge is 0.150 e. The van der Waals surface area contributed by atoms with Crippen LogP contribution < -0.4 is 4.74 Å². The lowest BCUT2D eigenvalue weighted by atomic mass is 10.2. The second kappa shape index (κ2) is 5.46. The molecule has 3 nitrogen and oxygen atoms in total. The maximum Gasteiger partial charge on any atom is 0.150 e. The van der Waals surface area contributed by atoms with Crippen LogP contribution >= 0.6 is 0 Å². The van der Waals surface area contributed by atoms with E-state index in [-0.39, 0.29) is 24.7 Å². The Bertz CT molecular complexity index is 339. The molecule has 15 heavy (non-hydrogen) atoms. The molecule has 1 unspecified atom stereocenters. The van der Waals surface area contributed by atoms with Gasteiger partial charge in [0, 0.05) is 24.2 Å². The van der Waals surface area contributed by atoms with Gasteiger partial charge in [0.15, 0.2) is 0 Å². The second-order valence-electron chi connectivity index (χ2n) is 3.44. The first-order valence-corrected chi connectivity index (χ1v) is 4.65. The topological polar surface area (TPSA) is 46.5 Å². The van der Waals surface area contributed by atoms with E-state index in [1.165, 1.54) is 12.1 Å². The largest absolute Gasteiger partial charge is 0.493 e. The van der Waals surface area contributed by atoms with Gasteiger partial charge in [-0.3, -0.25) is 4.79 Å². The van der Waals surface area contributed by atoms with E-state index in [0.29, 0.717) is 12.0 Å². The van der Waals surface area contributed by atoms with Crippen molar-refractivity contribution in [1.82, 2.24) is 0 Å². The lowest BCUT2D eigenvalue weighted by Crippen LogP contribution is -2.12. The number of ether oxygens (including phenoxy) is 1. The highest BCUT2D eigenvalue weighted by Gasteiger charge is 2.04. The summed E-state index contributed by atoms with van der Waals surface area (Å²) in [5.41, 5.74) is 0.238. The monoisotopic (exact) mass is 212 g/mol. The number of hydrogen-bond acceptors (Lipinski definition) is 3. The summed E-state index contributed by atoms with van der Waals surface area (Å²) < 4.78 is 18.2. The number of rotatable bonds is 5. The van der Waals surface area contributed by atoms with Crippen LogP contribution in [0.3, 0.4) is 0 Å². The molecule has 0 aliphatic carbocycles. The van der Waals surface area contributed by atoms with Crippen LogP contribution in [0.4, 0.5) is 4.39 Å². The number of aliphatic hydroxyl groups excluding tert-OH is 1. The van der Waals surface area contributed by atoms with E-state index in [4.69, 9.17) is 9.84 Å². The summed E-state index contributed by atoms with van der Waals surface area (Å²) in [5.74, 6) is -0.225. The average molecular weight is 212 g/mol. The van der Waals surface area contributed by atoms with Gasteiger partial charge in [-0.2, -0.15) is 0 Å². The Hall–Kier alpha value is -1.42. The van der Waals surface area contributed by atoms with E-state index in [2.05, 4.69) is 0 Å². The van der Waals surface area contributed by atoms with Crippen molar-refractivity contribution in [1.29, 1.82) is 0 Å². The molecule has 1 aromatic rings. The van der Waals surface area contributed by atoms with Crippen LogP contribution in [0.2, 0.25) is 0 Å². The van der Waals surface area contributed by atoms with Crippen LogP contribution in [0.25, 0.3) is 0 Å². The van der Waals surface area contributed by atoms with Crippen LogP contribution in [-0.4, -0.2) is 24.6 Å². The fourth-order valence-electron chi connectivity index (χ4n) is 1.03. The fourth-order valence-corrected chi connectivity index (χ4v) is 1.03. The maximum atomic E-state index is 12.9. The minimum atomic E-state index is -0.508. The van der Waals surface area contributed by atoms with E-state index in [1.54, 1.807) is 6.92 Å². The number of carbonyl (C=O) groups excluding carboxylic acids is 1. The first-order chi connectivity index (χ1) is 7.15. The molecule has 1 aromatic carbocycles. The molecule has 0 saturated carbocycles. The number of benzene rings is 1. The van der Waals surface area contributed by atoms with E-state index in [0.717, 1.165) is 6.07 Å². The minimum Gasteiger partial charge on any atom is -0.493 e. The summed E-state index contributed by atoms with van der Waals surface area (Å²) in [4.78, 5) is 10.4. The van der Waals surface area contributed by atoms with E-state index < -0.39 is 5.82 Å². The van der Waals surface area contributed by atoms with Crippen LogP contribution in [0.5, 0.6) is 5.75 Å². The number of halogens is 1. The van der Waals surface area contributed by atoms with Crippen molar-refractivity contribution in [2.24, 2.45) is 5.92 Å². The standard InChI is InChI=1S/C11H13FO3/c1-8(5-13)7-15-11-3-9(6-14)2-10(12)4-11/h2-4,6,8,13H,5,7H2,1H3. The van der Waals surface area contributed by atoms with Crippen molar-refractivity contribution >= 4 is 6.29 Å². The molecule has 0 bridgehead atoms. The van der Waals surface area contributed by atoms with E-state index in [9.17, 15) is 9.18 Å². The number of carbonyl (C=O) groups is 1. The molecular formula is C11H13FO3. The molecule has 0 heterocycles. The van der Waals surface area contributed by atoms with Gasteiger partial charge in [0.2, 0.25) is 0 Å². The third kappa shape index (κ3) is 3.67. The molecule has 0 aliphatic heterocycles.